The smallest absolute Gasteiger partial charge is 0.164 e. The molecule has 1 radical (unpaired) electrons. The fourth-order valence-electron chi connectivity index (χ4n) is 6.82. The Kier molecular flexibility index (Phi) is 11.8. The van der Waals surface area contributed by atoms with Crippen LogP contribution in [-0.2, 0) is 30.3 Å². The molecule has 4 nitrogen and oxygen atoms in total. The Labute approximate surface area is 310 Å². The van der Waals surface area contributed by atoms with Crippen molar-refractivity contribution in [2.45, 2.75) is 106 Å². The van der Waals surface area contributed by atoms with Gasteiger partial charge in [-0.2, -0.15) is 0 Å². The number of aliphatic hydroxyl groups excluding tert-OH is 1. The SMILES string of the molecule is CC(C)c1ccc2c(-c3[c-]ccc4c3C(C)(C)c3c-4sc4ccccc34)ncnc2c1.CCC(C)(CC)C(=O)/C=C(\O)C(C)(CC)CC.[Ir]. The van der Waals surface area contributed by atoms with E-state index in [1.165, 1.54) is 43.3 Å². The quantitative estimate of drug-likeness (QED) is 0.0911. The number of hydrogen-bond acceptors (Lipinski definition) is 5. The first-order chi connectivity index (χ1) is 22.8. The molecule has 0 aliphatic heterocycles. The van der Waals surface area contributed by atoms with Crippen LogP contribution in [0.1, 0.15) is 118 Å². The second-order valence-electron chi connectivity index (χ2n) is 14.7. The van der Waals surface area contributed by atoms with Crippen molar-refractivity contribution in [3.63, 3.8) is 0 Å². The number of rotatable bonds is 9. The minimum absolute atomic E-state index is 0. The van der Waals surface area contributed by atoms with Crippen LogP contribution in [0.4, 0.5) is 0 Å². The van der Waals surface area contributed by atoms with Crippen molar-refractivity contribution in [1.29, 1.82) is 0 Å². The number of carbonyl (C=O) groups is 1. The fraction of sp³-hybridized carbons (Fsp3) is 0.419. The first-order valence-electron chi connectivity index (χ1n) is 17.5. The van der Waals surface area contributed by atoms with Crippen LogP contribution in [-0.4, -0.2) is 20.9 Å². The molecule has 1 aliphatic carbocycles. The third-order valence-electron chi connectivity index (χ3n) is 11.3. The molecule has 6 heteroatoms. The molecule has 0 saturated heterocycles. The van der Waals surface area contributed by atoms with E-state index in [4.69, 9.17) is 4.98 Å². The summed E-state index contributed by atoms with van der Waals surface area (Å²) in [6, 6.07) is 23.2. The maximum atomic E-state index is 12.2. The number of allylic oxidation sites excluding steroid dienone is 2. The Morgan fingerprint density at radius 3 is 2.20 bits per heavy atom. The molecule has 0 saturated carbocycles. The van der Waals surface area contributed by atoms with E-state index < -0.39 is 0 Å². The van der Waals surface area contributed by atoms with Gasteiger partial charge in [-0.15, -0.1) is 40.7 Å². The maximum Gasteiger partial charge on any atom is 0.164 e. The summed E-state index contributed by atoms with van der Waals surface area (Å²) in [4.78, 5) is 22.9. The summed E-state index contributed by atoms with van der Waals surface area (Å²) < 4.78 is 1.36. The van der Waals surface area contributed by atoms with Gasteiger partial charge in [0.15, 0.2) is 5.78 Å². The molecule has 5 aromatic rings. The van der Waals surface area contributed by atoms with Crippen LogP contribution in [0.15, 0.2) is 72.8 Å². The number of aliphatic hydroxyl groups is 1. The van der Waals surface area contributed by atoms with Gasteiger partial charge in [-0.1, -0.05) is 105 Å². The number of nitrogens with zero attached hydrogens (tertiary/aromatic N) is 2. The van der Waals surface area contributed by atoms with Crippen molar-refractivity contribution >= 4 is 38.1 Å². The van der Waals surface area contributed by atoms with Crippen LogP contribution < -0.4 is 0 Å². The third-order valence-corrected chi connectivity index (χ3v) is 12.5. The Hall–Kier alpha value is -3.18. The van der Waals surface area contributed by atoms with Crippen LogP contribution in [0, 0.1) is 16.9 Å². The maximum absolute atomic E-state index is 12.2. The minimum Gasteiger partial charge on any atom is -0.512 e. The molecule has 2 heterocycles. The summed E-state index contributed by atoms with van der Waals surface area (Å²) in [6.45, 7) is 21.2. The van der Waals surface area contributed by atoms with Gasteiger partial charge in [0.05, 0.1) is 5.52 Å². The standard InChI is InChI=1S/C28H23N2S.C15H28O2.Ir/c1-16(2)17-12-13-18-22(14-17)29-15-30-26(18)20-9-7-10-21-24(20)28(3,4)25-19-8-5-6-11-23(19)31-27(21)25;1-7-14(5,8-2)12(16)11-13(17)15(6,9-3)10-4;/h5-8,10-16H,1-4H3;11,16H,7-10H2,1-6H3;/q-1;;/b;12-11-;. The van der Waals surface area contributed by atoms with Crippen molar-refractivity contribution in [3.8, 4) is 21.7 Å². The molecule has 0 unspecified atom stereocenters. The second kappa shape index (κ2) is 15.0. The van der Waals surface area contributed by atoms with Gasteiger partial charge < -0.3 is 5.11 Å². The summed E-state index contributed by atoms with van der Waals surface area (Å²) in [5.74, 6) is 0.757. The predicted molar refractivity (Wildman–Crippen MR) is 204 cm³/mol. The topological polar surface area (TPSA) is 63.1 Å². The number of hydrogen-bond donors (Lipinski definition) is 1. The van der Waals surface area contributed by atoms with Crippen molar-refractivity contribution in [1.82, 2.24) is 9.97 Å². The number of thiophene rings is 1. The number of benzene rings is 3. The monoisotopic (exact) mass is 852 g/mol. The van der Waals surface area contributed by atoms with Gasteiger partial charge in [-0.25, -0.2) is 4.98 Å². The van der Waals surface area contributed by atoms with E-state index in [0.717, 1.165) is 47.8 Å². The predicted octanol–water partition coefficient (Wildman–Crippen LogP) is 12.4. The van der Waals surface area contributed by atoms with E-state index in [2.05, 4.69) is 93.3 Å². The van der Waals surface area contributed by atoms with Crippen LogP contribution in [0.25, 0.3) is 42.7 Å². The van der Waals surface area contributed by atoms with Crippen LogP contribution in [0.3, 0.4) is 0 Å². The van der Waals surface area contributed by atoms with Crippen molar-refractivity contribution in [3.05, 3.63) is 95.5 Å². The van der Waals surface area contributed by atoms with Crippen LogP contribution in [0.5, 0.6) is 0 Å². The normalized spacial score (nSPS) is 13.9. The summed E-state index contributed by atoms with van der Waals surface area (Å²) in [6.07, 6.45) is 6.45. The van der Waals surface area contributed by atoms with Gasteiger partial charge >= 0.3 is 0 Å². The number of carbonyl (C=O) groups excluding carboxylic acids is 1. The van der Waals surface area contributed by atoms with Gasteiger partial charge in [0.1, 0.15) is 12.1 Å². The molecular weight excluding hydrogens is 801 g/mol. The molecule has 49 heavy (non-hydrogen) atoms. The molecule has 1 aliphatic rings. The van der Waals surface area contributed by atoms with Crippen LogP contribution >= 0.6 is 11.3 Å². The van der Waals surface area contributed by atoms with Crippen molar-refractivity contribution in [2.24, 2.45) is 10.8 Å². The largest absolute Gasteiger partial charge is 0.512 e. The van der Waals surface area contributed by atoms with E-state index in [-0.39, 0.29) is 47.9 Å². The molecule has 1 N–H and O–H groups in total. The zero-order valence-corrected chi connectivity index (χ0v) is 34.0. The average molecular weight is 852 g/mol. The van der Waals surface area contributed by atoms with E-state index in [9.17, 15) is 9.90 Å². The fourth-order valence-corrected chi connectivity index (χ4v) is 8.21. The zero-order valence-electron chi connectivity index (χ0n) is 30.7. The van der Waals surface area contributed by atoms with Gasteiger partial charge in [-0.05, 0) is 76.7 Å². The van der Waals surface area contributed by atoms with Crippen LogP contribution in [0.2, 0.25) is 0 Å². The van der Waals surface area contributed by atoms with E-state index >= 15 is 0 Å². The second-order valence-corrected chi connectivity index (χ2v) is 15.7. The van der Waals surface area contributed by atoms with E-state index in [1.807, 2.05) is 52.9 Å². The molecule has 0 fully saturated rings. The summed E-state index contributed by atoms with van der Waals surface area (Å²) in [7, 11) is 0. The molecular formula is C43H51IrN2O2S-. The molecule has 0 atom stereocenters. The molecule has 0 amide bonds. The number of aromatic nitrogens is 2. The molecule has 2 aromatic heterocycles. The molecule has 6 rings (SSSR count). The number of ketones is 1. The summed E-state index contributed by atoms with van der Waals surface area (Å²) in [5, 5.41) is 12.6. The van der Waals surface area contributed by atoms with Gasteiger partial charge in [-0.3, -0.25) is 9.78 Å². The molecule has 0 bridgehead atoms. The Bertz CT molecular complexity index is 2000. The summed E-state index contributed by atoms with van der Waals surface area (Å²) >= 11 is 1.90. The van der Waals surface area contributed by atoms with Gasteiger partial charge in [0, 0.05) is 46.6 Å². The Balaban J connectivity index is 0.000000260. The molecule has 261 valence electrons. The first kappa shape index (κ1) is 38.6. The Morgan fingerprint density at radius 2 is 1.57 bits per heavy atom. The van der Waals surface area contributed by atoms with Crippen molar-refractivity contribution < 1.29 is 30.0 Å². The van der Waals surface area contributed by atoms with E-state index in [0.29, 0.717) is 5.92 Å². The number of fused-ring (bicyclic) bond motifs is 6. The molecule has 3 aromatic carbocycles. The third kappa shape index (κ3) is 6.94. The summed E-state index contributed by atoms with van der Waals surface area (Å²) in [5.41, 5.74) is 7.73. The Morgan fingerprint density at radius 1 is 0.918 bits per heavy atom. The van der Waals surface area contributed by atoms with E-state index in [1.54, 1.807) is 6.33 Å². The zero-order chi connectivity index (χ0) is 35.0. The molecule has 0 spiro atoms. The van der Waals surface area contributed by atoms with Gasteiger partial charge in [0.2, 0.25) is 0 Å². The minimum atomic E-state index is -0.337. The van der Waals surface area contributed by atoms with Gasteiger partial charge in [0.25, 0.3) is 0 Å². The van der Waals surface area contributed by atoms with Crippen molar-refractivity contribution in [2.75, 3.05) is 0 Å². The average Bonchev–Trinajstić information content (AvgIpc) is 3.60. The first-order valence-corrected chi connectivity index (χ1v) is 18.4.